The van der Waals surface area contributed by atoms with Crippen molar-refractivity contribution in [2.24, 2.45) is 0 Å². The number of pyridine rings is 1. The zero-order chi connectivity index (χ0) is 24.3. The third-order valence-electron chi connectivity index (χ3n) is 5.71. The highest BCUT2D eigenvalue weighted by Crippen LogP contribution is 2.50. The van der Waals surface area contributed by atoms with Crippen LogP contribution in [0.2, 0.25) is 0 Å². The summed E-state index contributed by atoms with van der Waals surface area (Å²) >= 11 is 1.33. The van der Waals surface area contributed by atoms with Gasteiger partial charge in [0.25, 0.3) is 0 Å². The first kappa shape index (κ1) is 22.1. The third kappa shape index (κ3) is 3.61. The van der Waals surface area contributed by atoms with Crippen LogP contribution in [0, 0.1) is 6.92 Å². The maximum absolute atomic E-state index is 13.4. The molecule has 3 aromatic rings. The van der Waals surface area contributed by atoms with E-state index >= 15 is 0 Å². The van der Waals surface area contributed by atoms with E-state index in [2.05, 4.69) is 19.8 Å². The SMILES string of the molecule is COC(=O)c1csc(-c2nc(NC(=O)[C@@]3(C)COc4cc5c(cc43)OC(F)(F)O5)ccc2C)c1. The zero-order valence-electron chi connectivity index (χ0n) is 18.2. The number of esters is 1. The van der Waals surface area contributed by atoms with Gasteiger partial charge in [-0.1, -0.05) is 6.07 Å². The van der Waals surface area contributed by atoms with Gasteiger partial charge in [0.05, 0.1) is 23.2 Å². The van der Waals surface area contributed by atoms with Crippen LogP contribution < -0.4 is 19.5 Å². The Balaban J connectivity index is 1.41. The van der Waals surface area contributed by atoms with Crippen molar-refractivity contribution in [3.63, 3.8) is 0 Å². The molecule has 11 heteroatoms. The van der Waals surface area contributed by atoms with E-state index in [0.29, 0.717) is 22.6 Å². The molecule has 4 heterocycles. The van der Waals surface area contributed by atoms with E-state index in [9.17, 15) is 18.4 Å². The van der Waals surface area contributed by atoms with Gasteiger partial charge in [-0.2, -0.15) is 0 Å². The van der Waals surface area contributed by atoms with E-state index in [0.717, 1.165) is 10.4 Å². The Morgan fingerprint density at radius 3 is 2.62 bits per heavy atom. The van der Waals surface area contributed by atoms with Crippen molar-refractivity contribution >= 4 is 29.0 Å². The molecule has 8 nitrogen and oxygen atoms in total. The number of thiophene rings is 1. The highest BCUT2D eigenvalue weighted by molar-refractivity contribution is 7.13. The standard InChI is InChI=1S/C23H18F2N2O6S/c1-11-4-5-18(26-19(11)17-6-12(9-34-17)20(28)30-3)27-21(29)22(2)10-31-14-8-16-15(7-13(14)22)32-23(24,25)33-16/h4-9H,10H2,1-3H3,(H,26,27,29)/t22-/m0/s1. The molecule has 0 saturated carbocycles. The Labute approximate surface area is 196 Å². The number of amides is 1. The van der Waals surface area contributed by atoms with Gasteiger partial charge in [0.2, 0.25) is 5.91 Å². The fourth-order valence-electron chi connectivity index (χ4n) is 3.80. The smallest absolute Gasteiger partial charge is 0.492 e. The Morgan fingerprint density at radius 2 is 1.88 bits per heavy atom. The number of benzene rings is 1. The average molecular weight is 488 g/mol. The number of halogens is 2. The predicted molar refractivity (Wildman–Crippen MR) is 118 cm³/mol. The summed E-state index contributed by atoms with van der Waals surface area (Å²) in [5.74, 6) is -0.634. The minimum absolute atomic E-state index is 0.000411. The van der Waals surface area contributed by atoms with E-state index in [4.69, 9.17) is 9.47 Å². The summed E-state index contributed by atoms with van der Waals surface area (Å²) in [6.07, 6.45) is -3.77. The topological polar surface area (TPSA) is 96.0 Å². The summed E-state index contributed by atoms with van der Waals surface area (Å²) in [6, 6.07) is 7.77. The van der Waals surface area contributed by atoms with Gasteiger partial charge in [-0.15, -0.1) is 20.1 Å². The fraction of sp³-hybridized carbons (Fsp3) is 0.261. The van der Waals surface area contributed by atoms with Crippen LogP contribution in [-0.2, 0) is 14.9 Å². The molecule has 1 N–H and O–H groups in total. The van der Waals surface area contributed by atoms with Gasteiger partial charge in [-0.3, -0.25) is 4.79 Å². The Morgan fingerprint density at radius 1 is 1.15 bits per heavy atom. The number of hydrogen-bond donors (Lipinski definition) is 1. The Bertz CT molecular complexity index is 1340. The number of methoxy groups -OCH3 is 1. The van der Waals surface area contributed by atoms with Crippen molar-refractivity contribution in [3.8, 4) is 27.8 Å². The maximum atomic E-state index is 13.4. The molecule has 2 aliphatic heterocycles. The van der Waals surface area contributed by atoms with Gasteiger partial charge < -0.3 is 24.3 Å². The van der Waals surface area contributed by atoms with E-state index < -0.39 is 23.6 Å². The number of nitrogens with zero attached hydrogens (tertiary/aromatic N) is 1. The van der Waals surface area contributed by atoms with E-state index in [1.807, 2.05) is 6.92 Å². The van der Waals surface area contributed by atoms with Crippen molar-refractivity contribution in [3.05, 3.63) is 52.4 Å². The number of hydrogen-bond acceptors (Lipinski definition) is 8. The number of aromatic nitrogens is 1. The van der Waals surface area contributed by atoms with Crippen LogP contribution in [0.5, 0.6) is 17.2 Å². The largest absolute Gasteiger partial charge is 0.586 e. The Hall–Kier alpha value is -3.73. The van der Waals surface area contributed by atoms with E-state index in [1.165, 1.54) is 30.6 Å². The molecule has 0 bridgehead atoms. The molecule has 176 valence electrons. The van der Waals surface area contributed by atoms with Crippen LogP contribution in [0.4, 0.5) is 14.6 Å². The zero-order valence-corrected chi connectivity index (χ0v) is 19.0. The van der Waals surface area contributed by atoms with Crippen LogP contribution in [-0.4, -0.2) is 36.9 Å². The van der Waals surface area contributed by atoms with Gasteiger partial charge in [-0.25, -0.2) is 9.78 Å². The van der Waals surface area contributed by atoms with E-state index in [1.54, 1.807) is 30.5 Å². The predicted octanol–water partition coefficient (Wildman–Crippen LogP) is 4.52. The van der Waals surface area contributed by atoms with Gasteiger partial charge in [0.1, 0.15) is 23.6 Å². The molecular formula is C23H18F2N2O6S. The van der Waals surface area contributed by atoms with Gasteiger partial charge in [0, 0.05) is 17.0 Å². The molecule has 0 radical (unpaired) electrons. The lowest BCUT2D eigenvalue weighted by atomic mass is 9.83. The highest BCUT2D eigenvalue weighted by atomic mass is 32.1. The van der Waals surface area contributed by atoms with Crippen molar-refractivity contribution in [1.29, 1.82) is 0 Å². The molecule has 1 aromatic carbocycles. The number of rotatable bonds is 4. The van der Waals surface area contributed by atoms with Crippen LogP contribution in [0.3, 0.4) is 0 Å². The number of nitrogens with one attached hydrogen (secondary N) is 1. The van der Waals surface area contributed by atoms with Crippen molar-refractivity contribution < 1.29 is 37.3 Å². The summed E-state index contributed by atoms with van der Waals surface area (Å²) in [7, 11) is 1.31. The number of anilines is 1. The highest BCUT2D eigenvalue weighted by Gasteiger charge is 2.49. The molecule has 5 rings (SSSR count). The second kappa shape index (κ2) is 7.66. The van der Waals surface area contributed by atoms with Crippen LogP contribution in [0.25, 0.3) is 10.6 Å². The number of ether oxygens (including phenoxy) is 4. The summed E-state index contributed by atoms with van der Waals surface area (Å²) in [5, 5.41) is 4.47. The van der Waals surface area contributed by atoms with Crippen molar-refractivity contribution in [2.75, 3.05) is 19.0 Å². The quantitative estimate of drug-likeness (QED) is 0.540. The van der Waals surface area contributed by atoms with Gasteiger partial charge >= 0.3 is 12.3 Å². The van der Waals surface area contributed by atoms with Crippen LogP contribution in [0.1, 0.15) is 28.4 Å². The molecule has 34 heavy (non-hydrogen) atoms. The lowest BCUT2D eigenvalue weighted by Gasteiger charge is -2.22. The summed E-state index contributed by atoms with van der Waals surface area (Å²) < 4.78 is 46.2. The first-order valence-electron chi connectivity index (χ1n) is 10.1. The second-order valence-electron chi connectivity index (χ2n) is 8.09. The molecule has 0 aliphatic carbocycles. The second-order valence-corrected chi connectivity index (χ2v) is 9.00. The van der Waals surface area contributed by atoms with Crippen LogP contribution in [0.15, 0.2) is 35.7 Å². The lowest BCUT2D eigenvalue weighted by Crippen LogP contribution is -2.39. The molecule has 2 aromatic heterocycles. The summed E-state index contributed by atoms with van der Waals surface area (Å²) in [4.78, 5) is 30.4. The molecule has 0 saturated heterocycles. The normalized spacial score (nSPS) is 19.3. The minimum atomic E-state index is -3.77. The molecule has 1 amide bonds. The number of alkyl halides is 2. The first-order valence-corrected chi connectivity index (χ1v) is 11.0. The van der Waals surface area contributed by atoms with Crippen molar-refractivity contribution in [2.45, 2.75) is 25.6 Å². The summed E-state index contributed by atoms with van der Waals surface area (Å²) in [6.45, 7) is 3.51. The van der Waals surface area contributed by atoms with Crippen LogP contribution >= 0.6 is 11.3 Å². The minimum Gasteiger partial charge on any atom is -0.492 e. The number of fused-ring (bicyclic) bond motifs is 2. The molecule has 0 unspecified atom stereocenters. The summed E-state index contributed by atoms with van der Waals surface area (Å²) in [5.41, 5.74) is 1.09. The molecule has 0 fully saturated rings. The number of carbonyl (C=O) groups excluding carboxylic acids is 2. The van der Waals surface area contributed by atoms with Gasteiger partial charge in [0.15, 0.2) is 11.5 Å². The third-order valence-corrected chi connectivity index (χ3v) is 6.64. The average Bonchev–Trinajstić information content (AvgIpc) is 3.48. The number of carbonyl (C=O) groups is 2. The molecule has 2 aliphatic rings. The van der Waals surface area contributed by atoms with Crippen molar-refractivity contribution in [1.82, 2.24) is 4.98 Å². The molecule has 0 spiro atoms. The van der Waals surface area contributed by atoms with E-state index in [-0.39, 0.29) is 23.9 Å². The maximum Gasteiger partial charge on any atom is 0.586 e. The lowest BCUT2D eigenvalue weighted by molar-refractivity contribution is -0.286. The fourth-order valence-corrected chi connectivity index (χ4v) is 4.73. The number of aryl methyl sites for hydroxylation is 1. The van der Waals surface area contributed by atoms with Gasteiger partial charge in [-0.05, 0) is 37.6 Å². The first-order chi connectivity index (χ1) is 16.1. The molecular weight excluding hydrogens is 470 g/mol. The monoisotopic (exact) mass is 488 g/mol. The Kier molecular flexibility index (Phi) is 4.97. The molecule has 1 atom stereocenters.